The molecule has 2 nitrogen and oxygen atoms in total. The van der Waals surface area contributed by atoms with Crippen molar-refractivity contribution in [3.63, 3.8) is 0 Å². The summed E-state index contributed by atoms with van der Waals surface area (Å²) in [5.74, 6) is 0. The third-order valence-electron chi connectivity index (χ3n) is 2.28. The molecule has 0 N–H and O–H groups in total. The largest absolute Gasteiger partial charge is 0.365 e. The number of rotatable bonds is 7. The molecule has 0 spiro atoms. The normalized spacial score (nSPS) is 10.5. The van der Waals surface area contributed by atoms with Crippen molar-refractivity contribution >= 4 is 0 Å². The summed E-state index contributed by atoms with van der Waals surface area (Å²) in [6.07, 6.45) is 10.7. The van der Waals surface area contributed by atoms with E-state index >= 15 is 0 Å². The highest BCUT2D eigenvalue weighted by atomic mass is 16.5. The smallest absolute Gasteiger partial charge is 0.124 e. The number of hydrogen-bond acceptors (Lipinski definition) is 2. The summed E-state index contributed by atoms with van der Waals surface area (Å²) in [5.41, 5.74) is 1.09. The summed E-state index contributed by atoms with van der Waals surface area (Å²) in [4.78, 5) is 0. The topological polar surface area (TPSA) is 26.0 Å². The SMILES string of the molecule is CCCCCCCCc1ccon1. The molecule has 1 rings (SSSR count). The summed E-state index contributed by atoms with van der Waals surface area (Å²) in [6.45, 7) is 2.25. The predicted molar refractivity (Wildman–Crippen MR) is 53.6 cm³/mol. The second-order valence-corrected chi connectivity index (χ2v) is 3.51. The van der Waals surface area contributed by atoms with Gasteiger partial charge in [0.2, 0.25) is 0 Å². The van der Waals surface area contributed by atoms with Gasteiger partial charge in [0.15, 0.2) is 0 Å². The molecule has 0 radical (unpaired) electrons. The Kier molecular flexibility index (Phi) is 5.30. The van der Waals surface area contributed by atoms with Crippen LogP contribution in [0.15, 0.2) is 16.9 Å². The summed E-state index contributed by atoms with van der Waals surface area (Å²) < 4.78 is 4.76. The van der Waals surface area contributed by atoms with Crippen LogP contribution in [0.1, 0.15) is 51.1 Å². The molecule has 0 bridgehead atoms. The number of unbranched alkanes of at least 4 members (excludes halogenated alkanes) is 5. The Hall–Kier alpha value is -0.790. The minimum Gasteiger partial charge on any atom is -0.365 e. The summed E-state index contributed by atoms with van der Waals surface area (Å²) in [6, 6.07) is 1.95. The maximum atomic E-state index is 4.76. The van der Waals surface area contributed by atoms with E-state index in [0.29, 0.717) is 0 Å². The molecule has 2 heteroatoms. The van der Waals surface area contributed by atoms with Gasteiger partial charge in [0.05, 0.1) is 5.69 Å². The maximum absolute atomic E-state index is 4.76. The van der Waals surface area contributed by atoms with Gasteiger partial charge in [0, 0.05) is 6.07 Å². The first-order valence-electron chi connectivity index (χ1n) is 5.32. The van der Waals surface area contributed by atoms with Gasteiger partial charge in [-0.3, -0.25) is 0 Å². The van der Waals surface area contributed by atoms with Crippen molar-refractivity contribution in [2.75, 3.05) is 0 Å². The van der Waals surface area contributed by atoms with E-state index in [1.54, 1.807) is 6.26 Å². The molecule has 74 valence electrons. The lowest BCUT2D eigenvalue weighted by Gasteiger charge is -1.97. The third kappa shape index (κ3) is 4.71. The van der Waals surface area contributed by atoms with Crippen LogP contribution < -0.4 is 0 Å². The standard InChI is InChI=1S/C11H19NO/c1-2-3-4-5-6-7-8-11-9-10-13-12-11/h9-10H,2-8H2,1H3. The Labute approximate surface area is 80.3 Å². The van der Waals surface area contributed by atoms with E-state index in [-0.39, 0.29) is 0 Å². The van der Waals surface area contributed by atoms with Crippen LogP contribution in [0.3, 0.4) is 0 Å². The van der Waals surface area contributed by atoms with E-state index < -0.39 is 0 Å². The number of nitrogens with zero attached hydrogens (tertiary/aromatic N) is 1. The molecule has 0 aliphatic carbocycles. The molecule has 1 heterocycles. The van der Waals surface area contributed by atoms with Crippen LogP contribution in [0.2, 0.25) is 0 Å². The Bertz CT molecular complexity index is 194. The van der Waals surface area contributed by atoms with Gasteiger partial charge < -0.3 is 4.52 Å². The van der Waals surface area contributed by atoms with Crippen LogP contribution >= 0.6 is 0 Å². The lowest BCUT2D eigenvalue weighted by atomic mass is 10.1. The van der Waals surface area contributed by atoms with E-state index in [2.05, 4.69) is 12.1 Å². The zero-order valence-corrected chi connectivity index (χ0v) is 8.46. The van der Waals surface area contributed by atoms with E-state index in [1.807, 2.05) is 6.07 Å². The van der Waals surface area contributed by atoms with Crippen LogP contribution in [-0.4, -0.2) is 5.16 Å². The third-order valence-corrected chi connectivity index (χ3v) is 2.28. The number of aryl methyl sites for hydroxylation is 1. The Morgan fingerprint density at radius 1 is 1.15 bits per heavy atom. The van der Waals surface area contributed by atoms with Gasteiger partial charge in [-0.2, -0.15) is 0 Å². The van der Waals surface area contributed by atoms with Gasteiger partial charge in [0.25, 0.3) is 0 Å². The Morgan fingerprint density at radius 3 is 2.62 bits per heavy atom. The van der Waals surface area contributed by atoms with E-state index in [4.69, 9.17) is 4.52 Å². The van der Waals surface area contributed by atoms with Crippen LogP contribution in [0.5, 0.6) is 0 Å². The van der Waals surface area contributed by atoms with E-state index in [9.17, 15) is 0 Å². The highest BCUT2D eigenvalue weighted by molar-refractivity contribution is 4.94. The second-order valence-electron chi connectivity index (χ2n) is 3.51. The van der Waals surface area contributed by atoms with Gasteiger partial charge >= 0.3 is 0 Å². The zero-order valence-electron chi connectivity index (χ0n) is 8.46. The quantitative estimate of drug-likeness (QED) is 0.601. The second kappa shape index (κ2) is 6.70. The van der Waals surface area contributed by atoms with Crippen LogP contribution in [0, 0.1) is 0 Å². The van der Waals surface area contributed by atoms with E-state index in [0.717, 1.165) is 12.1 Å². The van der Waals surface area contributed by atoms with Crippen LogP contribution in [0.4, 0.5) is 0 Å². The first-order chi connectivity index (χ1) is 6.43. The fourth-order valence-corrected chi connectivity index (χ4v) is 1.45. The molecule has 1 aromatic rings. The molecular weight excluding hydrogens is 162 g/mol. The Morgan fingerprint density at radius 2 is 1.92 bits per heavy atom. The van der Waals surface area contributed by atoms with Crippen molar-refractivity contribution in [2.24, 2.45) is 0 Å². The fraction of sp³-hybridized carbons (Fsp3) is 0.727. The van der Waals surface area contributed by atoms with Crippen molar-refractivity contribution < 1.29 is 4.52 Å². The molecular formula is C11H19NO. The monoisotopic (exact) mass is 181 g/mol. The minimum atomic E-state index is 1.07. The molecule has 1 aromatic heterocycles. The first kappa shape index (κ1) is 10.3. The predicted octanol–water partition coefficient (Wildman–Crippen LogP) is 3.58. The van der Waals surface area contributed by atoms with Crippen molar-refractivity contribution in [1.29, 1.82) is 0 Å². The van der Waals surface area contributed by atoms with Gasteiger partial charge in [-0.05, 0) is 12.8 Å². The molecule has 0 atom stereocenters. The summed E-state index contributed by atoms with van der Waals surface area (Å²) in [5, 5.41) is 3.88. The molecule has 0 amide bonds. The molecule has 13 heavy (non-hydrogen) atoms. The van der Waals surface area contributed by atoms with Crippen LogP contribution in [-0.2, 0) is 6.42 Å². The van der Waals surface area contributed by atoms with Crippen molar-refractivity contribution in [1.82, 2.24) is 5.16 Å². The first-order valence-corrected chi connectivity index (χ1v) is 5.32. The molecule has 0 aliphatic heterocycles. The van der Waals surface area contributed by atoms with Crippen molar-refractivity contribution in [2.45, 2.75) is 51.9 Å². The highest BCUT2D eigenvalue weighted by Crippen LogP contribution is 2.08. The number of hydrogen-bond donors (Lipinski definition) is 0. The van der Waals surface area contributed by atoms with Crippen LogP contribution in [0.25, 0.3) is 0 Å². The van der Waals surface area contributed by atoms with E-state index in [1.165, 1.54) is 38.5 Å². The lowest BCUT2D eigenvalue weighted by Crippen LogP contribution is -1.85. The molecule has 0 aromatic carbocycles. The Balaban J connectivity index is 1.90. The van der Waals surface area contributed by atoms with Gasteiger partial charge in [-0.25, -0.2) is 0 Å². The summed E-state index contributed by atoms with van der Waals surface area (Å²) in [7, 11) is 0. The molecule has 0 saturated heterocycles. The summed E-state index contributed by atoms with van der Waals surface area (Å²) >= 11 is 0. The molecule has 0 saturated carbocycles. The lowest BCUT2D eigenvalue weighted by molar-refractivity contribution is 0.410. The van der Waals surface area contributed by atoms with Crippen molar-refractivity contribution in [3.05, 3.63) is 18.0 Å². The molecule has 0 fully saturated rings. The van der Waals surface area contributed by atoms with Gasteiger partial charge in [0.1, 0.15) is 6.26 Å². The average Bonchev–Trinajstić information content (AvgIpc) is 2.63. The fourth-order valence-electron chi connectivity index (χ4n) is 1.45. The van der Waals surface area contributed by atoms with Gasteiger partial charge in [-0.1, -0.05) is 44.2 Å². The van der Waals surface area contributed by atoms with Crippen molar-refractivity contribution in [3.8, 4) is 0 Å². The molecule has 0 aliphatic rings. The van der Waals surface area contributed by atoms with Gasteiger partial charge in [-0.15, -0.1) is 0 Å². The minimum absolute atomic E-state index is 1.07. The average molecular weight is 181 g/mol. The zero-order chi connectivity index (χ0) is 9.36. The maximum Gasteiger partial charge on any atom is 0.124 e. The number of aromatic nitrogens is 1. The molecule has 0 unspecified atom stereocenters. The highest BCUT2D eigenvalue weighted by Gasteiger charge is 1.95.